The molecule has 1 aliphatic heterocycles. The van der Waals surface area contributed by atoms with E-state index >= 15 is 0 Å². The third-order valence-corrected chi connectivity index (χ3v) is 4.43. The maximum absolute atomic E-state index is 12.5. The lowest BCUT2D eigenvalue weighted by atomic mass is 10.2. The van der Waals surface area contributed by atoms with Crippen LogP contribution >= 0.6 is 0 Å². The van der Waals surface area contributed by atoms with E-state index in [1.807, 2.05) is 25.1 Å². The van der Waals surface area contributed by atoms with Gasteiger partial charge in [0, 0.05) is 31.5 Å². The smallest absolute Gasteiger partial charge is 0.321 e. The fourth-order valence-corrected chi connectivity index (χ4v) is 3.03. The molecule has 3 heterocycles. The van der Waals surface area contributed by atoms with E-state index in [9.17, 15) is 9.59 Å². The summed E-state index contributed by atoms with van der Waals surface area (Å²) in [6.45, 7) is 4.63. The average Bonchev–Trinajstić information content (AvgIpc) is 3.34. The molecule has 0 saturated carbocycles. The van der Waals surface area contributed by atoms with Crippen LogP contribution in [0.1, 0.15) is 17.4 Å². The highest BCUT2D eigenvalue weighted by atomic mass is 16.5. The van der Waals surface area contributed by atoms with E-state index in [2.05, 4.69) is 25.6 Å². The molecule has 3 N–H and O–H groups in total. The zero-order valence-corrected chi connectivity index (χ0v) is 15.4. The number of aromatic amines is 1. The fourth-order valence-electron chi connectivity index (χ4n) is 3.03. The highest BCUT2D eigenvalue weighted by Crippen LogP contribution is 2.19. The molecule has 4 rings (SSSR count). The van der Waals surface area contributed by atoms with Gasteiger partial charge in [-0.2, -0.15) is 0 Å². The predicted octanol–water partition coefficient (Wildman–Crippen LogP) is 1.36. The lowest BCUT2D eigenvalue weighted by molar-refractivity contribution is 0.0299. The van der Waals surface area contributed by atoms with Crippen LogP contribution in [0.3, 0.4) is 0 Å². The summed E-state index contributed by atoms with van der Waals surface area (Å²) in [5, 5.41) is 5.30. The molecule has 3 amide bonds. The Bertz CT molecular complexity index is 1000. The Morgan fingerprint density at radius 3 is 2.89 bits per heavy atom. The number of rotatable bonds is 4. The van der Waals surface area contributed by atoms with E-state index in [0.29, 0.717) is 44.5 Å². The average molecular weight is 383 g/mol. The first-order chi connectivity index (χ1) is 13.6. The zero-order valence-electron chi connectivity index (χ0n) is 15.4. The molecule has 0 unspecified atom stereocenters. The van der Waals surface area contributed by atoms with Gasteiger partial charge in [-0.15, -0.1) is 0 Å². The number of morpholine rings is 1. The number of nitrogens with one attached hydrogen (secondary N) is 3. The van der Waals surface area contributed by atoms with Gasteiger partial charge in [-0.3, -0.25) is 10.1 Å². The number of imidazole rings is 2. The van der Waals surface area contributed by atoms with Crippen molar-refractivity contribution in [3.8, 4) is 5.69 Å². The van der Waals surface area contributed by atoms with E-state index in [-0.39, 0.29) is 11.9 Å². The number of nitrogens with zero attached hydrogens (tertiary/aromatic N) is 4. The lowest BCUT2D eigenvalue weighted by Crippen LogP contribution is -2.40. The Balaban J connectivity index is 1.53. The summed E-state index contributed by atoms with van der Waals surface area (Å²) < 4.78 is 7.06. The number of ether oxygens (including phenoxy) is 1. The first kappa shape index (κ1) is 18.0. The maximum atomic E-state index is 12.5. The van der Waals surface area contributed by atoms with Gasteiger partial charge in [0.2, 0.25) is 5.95 Å². The van der Waals surface area contributed by atoms with E-state index < -0.39 is 0 Å². The third kappa shape index (κ3) is 3.67. The number of hydrogen-bond donors (Lipinski definition) is 3. The first-order valence-corrected chi connectivity index (χ1v) is 9.10. The molecule has 3 aromatic rings. The van der Waals surface area contributed by atoms with E-state index in [0.717, 1.165) is 16.7 Å². The molecule has 146 valence electrons. The maximum Gasteiger partial charge on any atom is 0.321 e. The molecular weight excluding hydrogens is 362 g/mol. The second kappa shape index (κ2) is 7.69. The second-order valence-corrected chi connectivity index (χ2v) is 6.34. The minimum atomic E-state index is -0.317. The van der Waals surface area contributed by atoms with Crippen molar-refractivity contribution in [3.63, 3.8) is 0 Å². The van der Waals surface area contributed by atoms with Gasteiger partial charge in [0.15, 0.2) is 0 Å². The summed E-state index contributed by atoms with van der Waals surface area (Å²) in [5.74, 6) is 0.269. The van der Waals surface area contributed by atoms with Crippen LogP contribution in [-0.4, -0.2) is 69.2 Å². The Labute approximate surface area is 160 Å². The Hall–Kier alpha value is -3.40. The monoisotopic (exact) mass is 383 g/mol. The topological polar surface area (TPSA) is 117 Å². The van der Waals surface area contributed by atoms with E-state index in [1.54, 1.807) is 22.0 Å². The van der Waals surface area contributed by atoms with Crippen LogP contribution in [-0.2, 0) is 4.74 Å². The van der Waals surface area contributed by atoms with Gasteiger partial charge < -0.3 is 24.5 Å². The summed E-state index contributed by atoms with van der Waals surface area (Å²) in [4.78, 5) is 37.6. The van der Waals surface area contributed by atoms with Crippen molar-refractivity contribution in [3.05, 3.63) is 36.4 Å². The number of urea groups is 1. The fraction of sp³-hybridized carbons (Fsp3) is 0.333. The van der Waals surface area contributed by atoms with Gasteiger partial charge in [-0.25, -0.2) is 14.8 Å². The van der Waals surface area contributed by atoms with Crippen molar-refractivity contribution in [1.82, 2.24) is 29.7 Å². The largest absolute Gasteiger partial charge is 0.378 e. The number of fused-ring (bicyclic) bond motifs is 1. The molecule has 0 radical (unpaired) electrons. The molecule has 10 heteroatoms. The minimum absolute atomic E-state index is 0.0990. The normalized spacial score (nSPS) is 14.2. The number of amides is 3. The van der Waals surface area contributed by atoms with Gasteiger partial charge in [-0.05, 0) is 25.1 Å². The van der Waals surface area contributed by atoms with Crippen molar-refractivity contribution in [2.75, 3.05) is 38.2 Å². The Morgan fingerprint density at radius 1 is 1.29 bits per heavy atom. The van der Waals surface area contributed by atoms with Crippen LogP contribution in [0.15, 0.2) is 30.7 Å². The van der Waals surface area contributed by atoms with E-state index in [1.165, 1.54) is 0 Å². The molecule has 1 fully saturated rings. The van der Waals surface area contributed by atoms with Gasteiger partial charge in [0.05, 0.1) is 24.2 Å². The van der Waals surface area contributed by atoms with Crippen LogP contribution < -0.4 is 10.6 Å². The van der Waals surface area contributed by atoms with E-state index in [4.69, 9.17) is 4.74 Å². The minimum Gasteiger partial charge on any atom is -0.378 e. The van der Waals surface area contributed by atoms with Gasteiger partial charge in [0.25, 0.3) is 5.91 Å². The van der Waals surface area contributed by atoms with Gasteiger partial charge in [0.1, 0.15) is 12.0 Å². The summed E-state index contributed by atoms with van der Waals surface area (Å²) in [6.07, 6.45) is 3.32. The Kier molecular flexibility index (Phi) is 4.94. The number of aromatic nitrogens is 4. The standard InChI is InChI=1S/C18H21N7O3/c1-2-19-18(27)23-17-21-13-4-3-12(9-14(13)22-17)25-10-15(20-11-25)16(26)24-5-7-28-8-6-24/h3-4,9-11H,2,5-8H2,1H3,(H3,19,21,22,23,27). The van der Waals surface area contributed by atoms with Crippen molar-refractivity contribution in [2.45, 2.75) is 6.92 Å². The molecule has 2 aromatic heterocycles. The number of benzene rings is 1. The summed E-state index contributed by atoms with van der Waals surface area (Å²) >= 11 is 0. The molecule has 1 aliphatic rings. The zero-order chi connectivity index (χ0) is 19.5. The molecule has 1 saturated heterocycles. The van der Waals surface area contributed by atoms with Crippen LogP contribution in [0.4, 0.5) is 10.7 Å². The highest BCUT2D eigenvalue weighted by Gasteiger charge is 2.20. The molecule has 28 heavy (non-hydrogen) atoms. The quantitative estimate of drug-likeness (QED) is 0.629. The number of carbonyl (C=O) groups is 2. The number of carbonyl (C=O) groups excluding carboxylic acids is 2. The molecule has 0 spiro atoms. The SMILES string of the molecule is CCNC(=O)Nc1nc2ccc(-n3cnc(C(=O)N4CCOCC4)c3)cc2[nH]1. The van der Waals surface area contributed by atoms with Crippen LogP contribution in [0.5, 0.6) is 0 Å². The second-order valence-electron chi connectivity index (χ2n) is 6.34. The number of anilines is 1. The van der Waals surface area contributed by atoms with Crippen LogP contribution in [0.25, 0.3) is 16.7 Å². The number of H-pyrrole nitrogens is 1. The summed E-state index contributed by atoms with van der Waals surface area (Å²) in [6, 6.07) is 5.29. The molecule has 0 aliphatic carbocycles. The first-order valence-electron chi connectivity index (χ1n) is 9.10. The van der Waals surface area contributed by atoms with Crippen LogP contribution in [0, 0.1) is 0 Å². The van der Waals surface area contributed by atoms with Crippen LogP contribution in [0.2, 0.25) is 0 Å². The summed E-state index contributed by atoms with van der Waals surface area (Å²) in [7, 11) is 0. The van der Waals surface area contributed by atoms with Crippen molar-refractivity contribution in [2.24, 2.45) is 0 Å². The molecule has 10 nitrogen and oxygen atoms in total. The number of hydrogen-bond acceptors (Lipinski definition) is 5. The molecule has 1 aromatic carbocycles. The van der Waals surface area contributed by atoms with Crippen molar-refractivity contribution < 1.29 is 14.3 Å². The van der Waals surface area contributed by atoms with Crippen molar-refractivity contribution >= 4 is 28.9 Å². The Morgan fingerprint density at radius 2 is 2.11 bits per heavy atom. The predicted molar refractivity (Wildman–Crippen MR) is 103 cm³/mol. The molecule has 0 bridgehead atoms. The van der Waals surface area contributed by atoms with Crippen molar-refractivity contribution in [1.29, 1.82) is 0 Å². The van der Waals surface area contributed by atoms with Gasteiger partial charge in [-0.1, -0.05) is 0 Å². The molecule has 0 atom stereocenters. The molecular formula is C18H21N7O3. The lowest BCUT2D eigenvalue weighted by Gasteiger charge is -2.25. The summed E-state index contributed by atoms with van der Waals surface area (Å²) in [5.41, 5.74) is 2.71. The third-order valence-electron chi connectivity index (χ3n) is 4.43. The highest BCUT2D eigenvalue weighted by molar-refractivity contribution is 5.92. The van der Waals surface area contributed by atoms with Gasteiger partial charge >= 0.3 is 6.03 Å².